The molecule has 0 aliphatic carbocycles. The highest BCUT2D eigenvalue weighted by molar-refractivity contribution is 5.86. The lowest BCUT2D eigenvalue weighted by Gasteiger charge is -2.11. The largest absolute Gasteiger partial charge is 0.422 e. The Bertz CT molecular complexity index is 406. The molecule has 1 heterocycles. The van der Waals surface area contributed by atoms with E-state index in [4.69, 9.17) is 14.9 Å². The standard InChI is InChI=1S/C11H12O5/c1-11(15,7-13)5-4-8(6-12)9-2-3-10(14)16-9/h2-3,12-13,15H,6-7H2,1H3/b9-8+/t11-/m0/s1. The normalized spacial score (nSPS) is 20.9. The Balaban J connectivity index is 2.93. The van der Waals surface area contributed by atoms with Gasteiger partial charge < -0.3 is 20.1 Å². The monoisotopic (exact) mass is 224 g/mol. The average molecular weight is 224 g/mol. The van der Waals surface area contributed by atoms with E-state index in [2.05, 4.69) is 11.8 Å². The summed E-state index contributed by atoms with van der Waals surface area (Å²) >= 11 is 0. The molecule has 3 N–H and O–H groups in total. The molecule has 86 valence electrons. The van der Waals surface area contributed by atoms with Crippen molar-refractivity contribution in [1.82, 2.24) is 0 Å². The number of aliphatic hydroxyl groups is 3. The molecule has 0 aromatic heterocycles. The van der Waals surface area contributed by atoms with Gasteiger partial charge in [-0.05, 0) is 13.0 Å². The van der Waals surface area contributed by atoms with Crippen molar-refractivity contribution in [3.05, 3.63) is 23.5 Å². The van der Waals surface area contributed by atoms with Crippen molar-refractivity contribution in [2.45, 2.75) is 12.5 Å². The Morgan fingerprint density at radius 3 is 2.62 bits per heavy atom. The van der Waals surface area contributed by atoms with E-state index in [0.717, 1.165) is 0 Å². The van der Waals surface area contributed by atoms with Gasteiger partial charge in [0.25, 0.3) is 0 Å². The predicted octanol–water partition coefficient (Wildman–Crippen LogP) is -0.908. The van der Waals surface area contributed by atoms with Gasteiger partial charge in [-0.15, -0.1) is 0 Å². The van der Waals surface area contributed by atoms with Gasteiger partial charge in [0, 0.05) is 6.08 Å². The summed E-state index contributed by atoms with van der Waals surface area (Å²) in [6.07, 6.45) is 2.59. The maximum absolute atomic E-state index is 10.8. The van der Waals surface area contributed by atoms with Gasteiger partial charge in [-0.2, -0.15) is 0 Å². The fourth-order valence-electron chi connectivity index (χ4n) is 0.911. The maximum atomic E-state index is 10.8. The highest BCUT2D eigenvalue weighted by Crippen LogP contribution is 2.14. The Morgan fingerprint density at radius 1 is 1.50 bits per heavy atom. The first-order valence-corrected chi connectivity index (χ1v) is 4.59. The molecule has 1 rings (SSSR count). The zero-order valence-corrected chi connectivity index (χ0v) is 8.73. The van der Waals surface area contributed by atoms with Crippen LogP contribution >= 0.6 is 0 Å². The molecular formula is C11H12O5. The number of carbonyl (C=O) groups is 1. The zero-order chi connectivity index (χ0) is 12.2. The van der Waals surface area contributed by atoms with Crippen molar-refractivity contribution in [1.29, 1.82) is 0 Å². The second kappa shape index (κ2) is 4.94. The van der Waals surface area contributed by atoms with Crippen LogP contribution in [0.4, 0.5) is 0 Å². The van der Waals surface area contributed by atoms with Gasteiger partial charge in [0.05, 0.1) is 18.8 Å². The van der Waals surface area contributed by atoms with E-state index < -0.39 is 24.8 Å². The molecule has 0 fully saturated rings. The molecule has 0 bridgehead atoms. The number of esters is 1. The van der Waals surface area contributed by atoms with Crippen LogP contribution in [-0.4, -0.2) is 40.1 Å². The fourth-order valence-corrected chi connectivity index (χ4v) is 0.911. The van der Waals surface area contributed by atoms with Gasteiger partial charge in [-0.25, -0.2) is 4.79 Å². The molecular weight excluding hydrogens is 212 g/mol. The van der Waals surface area contributed by atoms with E-state index in [0.29, 0.717) is 0 Å². The summed E-state index contributed by atoms with van der Waals surface area (Å²) in [5.41, 5.74) is -1.37. The first-order chi connectivity index (χ1) is 7.48. The van der Waals surface area contributed by atoms with Crippen LogP contribution < -0.4 is 0 Å². The minimum Gasteiger partial charge on any atom is -0.422 e. The maximum Gasteiger partial charge on any atom is 0.336 e. The van der Waals surface area contributed by atoms with Gasteiger partial charge >= 0.3 is 5.97 Å². The van der Waals surface area contributed by atoms with Gasteiger partial charge in [0.2, 0.25) is 0 Å². The molecule has 1 aliphatic rings. The first-order valence-electron chi connectivity index (χ1n) is 4.59. The van der Waals surface area contributed by atoms with Gasteiger partial charge in [-0.3, -0.25) is 0 Å². The third-order valence-electron chi connectivity index (χ3n) is 1.83. The summed E-state index contributed by atoms with van der Waals surface area (Å²) in [5, 5.41) is 27.2. The fraction of sp³-hybridized carbons (Fsp3) is 0.364. The molecule has 0 aromatic rings. The Kier molecular flexibility index (Phi) is 3.85. The molecule has 0 saturated carbocycles. The quantitative estimate of drug-likeness (QED) is 0.417. The van der Waals surface area contributed by atoms with E-state index in [9.17, 15) is 9.90 Å². The Morgan fingerprint density at radius 2 is 2.19 bits per heavy atom. The van der Waals surface area contributed by atoms with Crippen LogP contribution in [0.3, 0.4) is 0 Å². The van der Waals surface area contributed by atoms with E-state index in [1.54, 1.807) is 0 Å². The molecule has 0 radical (unpaired) electrons. The minimum atomic E-state index is -1.55. The van der Waals surface area contributed by atoms with E-state index in [-0.39, 0.29) is 11.3 Å². The van der Waals surface area contributed by atoms with Crippen molar-refractivity contribution in [2.75, 3.05) is 13.2 Å². The molecule has 0 unspecified atom stereocenters. The molecule has 1 aliphatic heterocycles. The number of rotatable bonds is 2. The third-order valence-corrected chi connectivity index (χ3v) is 1.83. The number of aliphatic hydroxyl groups excluding tert-OH is 2. The minimum absolute atomic E-state index is 0.161. The number of hydrogen-bond donors (Lipinski definition) is 3. The highest BCUT2D eigenvalue weighted by atomic mass is 16.5. The Labute approximate surface area is 92.7 Å². The molecule has 0 spiro atoms. The van der Waals surface area contributed by atoms with Crippen LogP contribution in [0.5, 0.6) is 0 Å². The van der Waals surface area contributed by atoms with Gasteiger partial charge in [-0.1, -0.05) is 11.8 Å². The molecule has 16 heavy (non-hydrogen) atoms. The third kappa shape index (κ3) is 3.21. The second-order valence-corrected chi connectivity index (χ2v) is 3.44. The SMILES string of the molecule is C[C@](O)(C#C/C(CO)=C1/C=CC(=O)O1)CO. The number of cyclic esters (lactones) is 1. The van der Waals surface area contributed by atoms with E-state index in [1.165, 1.54) is 19.1 Å². The van der Waals surface area contributed by atoms with Crippen LogP contribution in [0.15, 0.2) is 23.5 Å². The summed E-state index contributed by atoms with van der Waals surface area (Å²) in [6.45, 7) is 0.390. The summed E-state index contributed by atoms with van der Waals surface area (Å²) in [4.78, 5) is 10.8. The number of hydrogen-bond acceptors (Lipinski definition) is 5. The summed E-state index contributed by atoms with van der Waals surface area (Å²) < 4.78 is 4.74. The van der Waals surface area contributed by atoms with Crippen molar-refractivity contribution in [3.8, 4) is 11.8 Å². The molecule has 5 nitrogen and oxygen atoms in total. The second-order valence-electron chi connectivity index (χ2n) is 3.44. The first kappa shape index (κ1) is 12.5. The topological polar surface area (TPSA) is 87.0 Å². The molecule has 0 aromatic carbocycles. The van der Waals surface area contributed by atoms with E-state index >= 15 is 0 Å². The summed E-state index contributed by atoms with van der Waals surface area (Å²) in [6, 6.07) is 0. The number of ether oxygens (including phenoxy) is 1. The average Bonchev–Trinajstić information content (AvgIpc) is 2.66. The number of allylic oxidation sites excluding steroid dienone is 1. The van der Waals surface area contributed by atoms with Gasteiger partial charge in [0.15, 0.2) is 0 Å². The summed E-state index contributed by atoms with van der Waals surface area (Å²) in [5.74, 6) is 4.46. The highest BCUT2D eigenvalue weighted by Gasteiger charge is 2.16. The van der Waals surface area contributed by atoms with Crippen LogP contribution in [0, 0.1) is 11.8 Å². The lowest BCUT2D eigenvalue weighted by Crippen LogP contribution is -2.26. The van der Waals surface area contributed by atoms with Crippen molar-refractivity contribution in [2.24, 2.45) is 0 Å². The lowest BCUT2D eigenvalue weighted by molar-refractivity contribution is -0.132. The Hall–Kier alpha value is -1.61. The van der Waals surface area contributed by atoms with Crippen LogP contribution in [0.1, 0.15) is 6.92 Å². The summed E-state index contributed by atoms with van der Waals surface area (Å²) in [7, 11) is 0. The van der Waals surface area contributed by atoms with Gasteiger partial charge in [0.1, 0.15) is 11.4 Å². The molecule has 0 amide bonds. The lowest BCUT2D eigenvalue weighted by atomic mass is 10.1. The van der Waals surface area contributed by atoms with E-state index in [1.807, 2.05) is 0 Å². The molecule has 1 atom stereocenters. The number of carbonyl (C=O) groups excluding carboxylic acids is 1. The van der Waals surface area contributed by atoms with Crippen molar-refractivity contribution < 1.29 is 24.9 Å². The molecule has 0 saturated heterocycles. The van der Waals surface area contributed by atoms with Crippen LogP contribution in [-0.2, 0) is 9.53 Å². The van der Waals surface area contributed by atoms with Crippen LogP contribution in [0.2, 0.25) is 0 Å². The zero-order valence-electron chi connectivity index (χ0n) is 8.73. The smallest absolute Gasteiger partial charge is 0.336 e. The predicted molar refractivity (Wildman–Crippen MR) is 54.8 cm³/mol. The van der Waals surface area contributed by atoms with Crippen LogP contribution in [0.25, 0.3) is 0 Å². The van der Waals surface area contributed by atoms with Crippen molar-refractivity contribution >= 4 is 5.97 Å². The molecule has 5 heteroatoms. The van der Waals surface area contributed by atoms with Crippen molar-refractivity contribution in [3.63, 3.8) is 0 Å².